The van der Waals surface area contributed by atoms with Gasteiger partial charge in [-0.25, -0.2) is 4.79 Å². The lowest BCUT2D eigenvalue weighted by Crippen LogP contribution is -2.23. The summed E-state index contributed by atoms with van der Waals surface area (Å²) in [7, 11) is 0. The highest BCUT2D eigenvalue weighted by Gasteiger charge is 2.29. The maximum absolute atomic E-state index is 10.6. The second kappa shape index (κ2) is 2.20. The van der Waals surface area contributed by atoms with Crippen LogP contribution in [-0.4, -0.2) is 23.3 Å². The van der Waals surface area contributed by atoms with E-state index in [1.54, 1.807) is 12.2 Å². The highest BCUT2D eigenvalue weighted by atomic mass is 16.5. The van der Waals surface area contributed by atoms with Gasteiger partial charge in [-0.15, -0.1) is 0 Å². The second-order valence-corrected chi connectivity index (χ2v) is 2.68. The fraction of sp³-hybridized carbons (Fsp3) is 0.375. The third-order valence-electron chi connectivity index (χ3n) is 1.95. The standard InChI is InChI=1S/C8H8O3/c9-8(10)6-3-1-5-2-4-7(6)11-5/h2-5,7H,1H2,(H,9,10)/t5?,7-/m0/s1. The van der Waals surface area contributed by atoms with Crippen molar-refractivity contribution in [3.8, 4) is 0 Å². The van der Waals surface area contributed by atoms with E-state index in [4.69, 9.17) is 9.84 Å². The van der Waals surface area contributed by atoms with E-state index in [0.717, 1.165) is 0 Å². The quantitative estimate of drug-likeness (QED) is 0.563. The molecule has 58 valence electrons. The van der Waals surface area contributed by atoms with Crippen molar-refractivity contribution in [1.82, 2.24) is 0 Å². The number of hydrogen-bond acceptors (Lipinski definition) is 2. The monoisotopic (exact) mass is 152 g/mol. The van der Waals surface area contributed by atoms with Gasteiger partial charge in [0.15, 0.2) is 0 Å². The van der Waals surface area contributed by atoms with E-state index >= 15 is 0 Å². The van der Waals surface area contributed by atoms with Crippen LogP contribution in [0, 0.1) is 0 Å². The van der Waals surface area contributed by atoms with E-state index in [1.165, 1.54) is 0 Å². The van der Waals surface area contributed by atoms with Crippen LogP contribution < -0.4 is 0 Å². The summed E-state index contributed by atoms with van der Waals surface area (Å²) in [4.78, 5) is 10.6. The van der Waals surface area contributed by atoms with Crippen molar-refractivity contribution in [2.75, 3.05) is 0 Å². The predicted molar refractivity (Wildman–Crippen MR) is 38.1 cm³/mol. The van der Waals surface area contributed by atoms with E-state index in [9.17, 15) is 4.79 Å². The molecule has 0 fully saturated rings. The molecule has 0 saturated carbocycles. The lowest BCUT2D eigenvalue weighted by molar-refractivity contribution is -0.134. The summed E-state index contributed by atoms with van der Waals surface area (Å²) in [5, 5.41) is 8.68. The molecule has 11 heavy (non-hydrogen) atoms. The molecule has 0 aromatic heterocycles. The molecule has 2 aliphatic rings. The molecule has 1 unspecified atom stereocenters. The number of hydrogen-bond donors (Lipinski definition) is 1. The number of aliphatic carboxylic acids is 1. The van der Waals surface area contributed by atoms with Crippen LogP contribution in [0.4, 0.5) is 0 Å². The van der Waals surface area contributed by atoms with Crippen molar-refractivity contribution in [3.63, 3.8) is 0 Å². The molecule has 0 radical (unpaired) electrons. The average Bonchev–Trinajstić information content (AvgIpc) is 2.32. The highest BCUT2D eigenvalue weighted by molar-refractivity contribution is 5.88. The minimum absolute atomic E-state index is 0.114. The maximum atomic E-state index is 10.6. The van der Waals surface area contributed by atoms with Gasteiger partial charge in [-0.05, 0) is 6.42 Å². The summed E-state index contributed by atoms with van der Waals surface area (Å²) in [6, 6.07) is 0. The molecule has 0 amide bonds. The third-order valence-corrected chi connectivity index (χ3v) is 1.95. The topological polar surface area (TPSA) is 46.5 Å². The van der Waals surface area contributed by atoms with Gasteiger partial charge in [-0.1, -0.05) is 18.2 Å². The zero-order chi connectivity index (χ0) is 7.84. The first-order valence-electron chi connectivity index (χ1n) is 3.54. The Kier molecular flexibility index (Phi) is 1.32. The van der Waals surface area contributed by atoms with Gasteiger partial charge < -0.3 is 9.84 Å². The normalized spacial score (nSPS) is 33.6. The molecule has 2 atom stereocenters. The lowest BCUT2D eigenvalue weighted by atomic mass is 10.1. The SMILES string of the molecule is O=C(O)C1=CCC2C=C[C@@H]1O2. The van der Waals surface area contributed by atoms with Crippen LogP contribution in [0.1, 0.15) is 6.42 Å². The molecule has 2 aliphatic heterocycles. The van der Waals surface area contributed by atoms with Crippen molar-refractivity contribution in [2.45, 2.75) is 18.6 Å². The maximum Gasteiger partial charge on any atom is 0.334 e. The minimum Gasteiger partial charge on any atom is -0.478 e. The van der Waals surface area contributed by atoms with E-state index in [0.29, 0.717) is 12.0 Å². The van der Waals surface area contributed by atoms with Crippen LogP contribution in [-0.2, 0) is 9.53 Å². The van der Waals surface area contributed by atoms with E-state index < -0.39 is 5.97 Å². The summed E-state index contributed by atoms with van der Waals surface area (Å²) >= 11 is 0. The Morgan fingerprint density at radius 1 is 1.64 bits per heavy atom. The van der Waals surface area contributed by atoms with Gasteiger partial charge in [0.2, 0.25) is 0 Å². The van der Waals surface area contributed by atoms with E-state index in [1.807, 2.05) is 6.08 Å². The number of carbonyl (C=O) groups is 1. The Morgan fingerprint density at radius 3 is 3.18 bits per heavy atom. The predicted octanol–water partition coefficient (Wildman–Crippen LogP) is 0.725. The summed E-state index contributed by atoms with van der Waals surface area (Å²) in [6.45, 7) is 0. The molecule has 0 aromatic carbocycles. The molecular weight excluding hydrogens is 144 g/mol. The van der Waals surface area contributed by atoms with Gasteiger partial charge in [0.25, 0.3) is 0 Å². The molecule has 2 rings (SSSR count). The largest absolute Gasteiger partial charge is 0.478 e. The minimum atomic E-state index is -0.875. The van der Waals surface area contributed by atoms with Crippen molar-refractivity contribution in [1.29, 1.82) is 0 Å². The molecule has 2 heterocycles. The van der Waals surface area contributed by atoms with Crippen molar-refractivity contribution in [3.05, 3.63) is 23.8 Å². The second-order valence-electron chi connectivity index (χ2n) is 2.68. The Labute approximate surface area is 64.0 Å². The Hall–Kier alpha value is -1.09. The van der Waals surface area contributed by atoms with E-state index in [-0.39, 0.29) is 12.2 Å². The molecule has 3 nitrogen and oxygen atoms in total. The molecular formula is C8H8O3. The van der Waals surface area contributed by atoms with Crippen molar-refractivity contribution >= 4 is 5.97 Å². The molecule has 1 N–H and O–H groups in total. The van der Waals surface area contributed by atoms with Gasteiger partial charge in [-0.3, -0.25) is 0 Å². The summed E-state index contributed by atoms with van der Waals surface area (Å²) in [5.41, 5.74) is 0.370. The molecule has 0 aromatic rings. The van der Waals surface area contributed by atoms with Gasteiger partial charge in [0, 0.05) is 0 Å². The van der Waals surface area contributed by atoms with Gasteiger partial charge >= 0.3 is 5.97 Å². The number of ether oxygens (including phenoxy) is 1. The zero-order valence-electron chi connectivity index (χ0n) is 5.86. The third kappa shape index (κ3) is 0.973. The highest BCUT2D eigenvalue weighted by Crippen LogP contribution is 2.26. The Morgan fingerprint density at radius 2 is 2.45 bits per heavy atom. The van der Waals surface area contributed by atoms with Crippen molar-refractivity contribution < 1.29 is 14.6 Å². The number of carboxylic acid groups (broad SMARTS) is 1. The fourth-order valence-corrected chi connectivity index (χ4v) is 1.38. The smallest absolute Gasteiger partial charge is 0.334 e. The van der Waals surface area contributed by atoms with Crippen molar-refractivity contribution in [2.24, 2.45) is 0 Å². The van der Waals surface area contributed by atoms with Crippen LogP contribution in [0.25, 0.3) is 0 Å². The zero-order valence-corrected chi connectivity index (χ0v) is 5.86. The van der Waals surface area contributed by atoms with E-state index in [2.05, 4.69) is 0 Å². The first kappa shape index (κ1) is 6.61. The average molecular weight is 152 g/mol. The molecule has 2 bridgehead atoms. The number of rotatable bonds is 1. The fourth-order valence-electron chi connectivity index (χ4n) is 1.38. The molecule has 0 aliphatic carbocycles. The van der Waals surface area contributed by atoms with Crippen LogP contribution >= 0.6 is 0 Å². The lowest BCUT2D eigenvalue weighted by Gasteiger charge is -2.18. The Bertz CT molecular complexity index is 252. The first-order valence-corrected chi connectivity index (χ1v) is 3.54. The summed E-state index contributed by atoms with van der Waals surface area (Å²) in [6.07, 6.45) is 5.96. The number of fused-ring (bicyclic) bond motifs is 2. The van der Waals surface area contributed by atoms with Gasteiger partial charge in [0.1, 0.15) is 6.10 Å². The molecule has 3 heteroatoms. The number of carboxylic acids is 1. The van der Waals surface area contributed by atoms with Gasteiger partial charge in [-0.2, -0.15) is 0 Å². The van der Waals surface area contributed by atoms with Crippen LogP contribution in [0.3, 0.4) is 0 Å². The van der Waals surface area contributed by atoms with Crippen LogP contribution in [0.15, 0.2) is 23.8 Å². The van der Waals surface area contributed by atoms with Crippen LogP contribution in [0.2, 0.25) is 0 Å². The first-order chi connectivity index (χ1) is 5.27. The molecule has 0 saturated heterocycles. The Balaban J connectivity index is 2.28. The van der Waals surface area contributed by atoms with Gasteiger partial charge in [0.05, 0.1) is 11.7 Å². The summed E-state index contributed by atoms with van der Waals surface area (Å²) < 4.78 is 5.31. The van der Waals surface area contributed by atoms with Crippen LogP contribution in [0.5, 0.6) is 0 Å². The molecule has 0 spiro atoms. The summed E-state index contributed by atoms with van der Waals surface area (Å²) in [5.74, 6) is -0.875.